The lowest BCUT2D eigenvalue weighted by Gasteiger charge is -2.14. The Labute approximate surface area is 119 Å². The van der Waals surface area contributed by atoms with E-state index in [1.54, 1.807) is 0 Å². The van der Waals surface area contributed by atoms with E-state index >= 15 is 0 Å². The van der Waals surface area contributed by atoms with Gasteiger partial charge in [-0.2, -0.15) is 5.10 Å². The Balaban J connectivity index is 2.28. The molecule has 0 radical (unpaired) electrons. The molecule has 0 bridgehead atoms. The van der Waals surface area contributed by atoms with Crippen LogP contribution >= 0.6 is 0 Å². The molecule has 1 amide bonds. The maximum Gasteiger partial charge on any atom is 0.303 e. The summed E-state index contributed by atoms with van der Waals surface area (Å²) in [6, 6.07) is 2.00. The molecule has 1 unspecified atom stereocenters. The predicted molar refractivity (Wildman–Crippen MR) is 75.5 cm³/mol. The molecule has 0 aromatic carbocycles. The Hall–Kier alpha value is -1.85. The maximum atomic E-state index is 11.8. The average Bonchev–Trinajstić information content (AvgIpc) is 2.67. The first kappa shape index (κ1) is 16.2. The van der Waals surface area contributed by atoms with Crippen LogP contribution in [0.3, 0.4) is 0 Å². The summed E-state index contributed by atoms with van der Waals surface area (Å²) in [6.07, 6.45) is 1.80. The highest BCUT2D eigenvalue weighted by Crippen LogP contribution is 2.13. The van der Waals surface area contributed by atoms with Gasteiger partial charge >= 0.3 is 5.97 Å². The van der Waals surface area contributed by atoms with Gasteiger partial charge < -0.3 is 10.4 Å². The lowest BCUT2D eigenvalue weighted by molar-refractivity contribution is -0.137. The maximum absolute atomic E-state index is 11.8. The highest BCUT2D eigenvalue weighted by Gasteiger charge is 2.13. The third kappa shape index (κ3) is 5.42. The summed E-state index contributed by atoms with van der Waals surface area (Å²) in [5.41, 5.74) is 1.99. The number of carboxylic acids is 1. The van der Waals surface area contributed by atoms with Crippen LogP contribution in [0, 0.1) is 13.8 Å². The highest BCUT2D eigenvalue weighted by molar-refractivity contribution is 5.76. The molecule has 1 atom stereocenters. The molecular weight excluding hydrogens is 258 g/mol. The lowest BCUT2D eigenvalue weighted by Crippen LogP contribution is -2.27. The fourth-order valence-electron chi connectivity index (χ4n) is 2.15. The Morgan fingerprint density at radius 3 is 2.65 bits per heavy atom. The minimum absolute atomic E-state index is 0.0164. The van der Waals surface area contributed by atoms with E-state index in [-0.39, 0.29) is 18.4 Å². The molecule has 0 spiro atoms. The summed E-state index contributed by atoms with van der Waals surface area (Å²) in [6.45, 7) is 6.39. The zero-order chi connectivity index (χ0) is 15.1. The van der Waals surface area contributed by atoms with Crippen molar-refractivity contribution < 1.29 is 14.7 Å². The van der Waals surface area contributed by atoms with Gasteiger partial charge in [0.2, 0.25) is 5.91 Å². The van der Waals surface area contributed by atoms with Gasteiger partial charge in [-0.25, -0.2) is 0 Å². The van der Waals surface area contributed by atoms with Crippen LogP contribution in [-0.2, 0) is 9.59 Å². The van der Waals surface area contributed by atoms with Gasteiger partial charge in [-0.1, -0.05) is 0 Å². The van der Waals surface area contributed by atoms with Crippen molar-refractivity contribution in [3.63, 3.8) is 0 Å². The number of aliphatic carboxylic acids is 1. The van der Waals surface area contributed by atoms with Gasteiger partial charge in [0.25, 0.3) is 0 Å². The van der Waals surface area contributed by atoms with Gasteiger partial charge in [-0.3, -0.25) is 14.3 Å². The zero-order valence-corrected chi connectivity index (χ0v) is 12.3. The molecule has 0 saturated carbocycles. The van der Waals surface area contributed by atoms with Gasteiger partial charge in [0.05, 0.1) is 11.7 Å². The summed E-state index contributed by atoms with van der Waals surface area (Å²) >= 11 is 0. The minimum Gasteiger partial charge on any atom is -0.481 e. The monoisotopic (exact) mass is 281 g/mol. The summed E-state index contributed by atoms with van der Waals surface area (Å²) < 4.78 is 1.86. The van der Waals surface area contributed by atoms with E-state index in [0.717, 1.165) is 11.4 Å². The van der Waals surface area contributed by atoms with Crippen molar-refractivity contribution in [1.29, 1.82) is 0 Å². The lowest BCUT2D eigenvalue weighted by atomic mass is 10.2. The first-order chi connectivity index (χ1) is 9.40. The molecule has 1 heterocycles. The molecule has 2 N–H and O–H groups in total. The van der Waals surface area contributed by atoms with Crippen molar-refractivity contribution in [2.24, 2.45) is 0 Å². The van der Waals surface area contributed by atoms with E-state index in [9.17, 15) is 9.59 Å². The van der Waals surface area contributed by atoms with Gasteiger partial charge in [-0.15, -0.1) is 0 Å². The number of rotatable bonds is 8. The molecule has 1 rings (SSSR count). The summed E-state index contributed by atoms with van der Waals surface area (Å²) in [4.78, 5) is 22.1. The van der Waals surface area contributed by atoms with Gasteiger partial charge in [0, 0.05) is 25.1 Å². The number of unbranched alkanes of at least 4 members (excludes halogenated alkanes) is 1. The van der Waals surface area contributed by atoms with Crippen molar-refractivity contribution in [3.8, 4) is 0 Å². The number of carbonyl (C=O) groups excluding carboxylic acids is 1. The number of hydrogen-bond donors (Lipinski definition) is 2. The summed E-state index contributed by atoms with van der Waals surface area (Å²) in [5.74, 6) is -0.824. The van der Waals surface area contributed by atoms with Gasteiger partial charge in [0.15, 0.2) is 0 Å². The number of nitrogens with zero attached hydrogens (tertiary/aromatic N) is 2. The van der Waals surface area contributed by atoms with Crippen LogP contribution < -0.4 is 5.32 Å². The van der Waals surface area contributed by atoms with Crippen molar-refractivity contribution in [2.45, 2.75) is 52.5 Å². The second-order valence-corrected chi connectivity index (χ2v) is 5.13. The van der Waals surface area contributed by atoms with E-state index in [0.29, 0.717) is 25.8 Å². The Morgan fingerprint density at radius 2 is 2.10 bits per heavy atom. The fraction of sp³-hybridized carbons (Fsp3) is 0.643. The summed E-state index contributed by atoms with van der Waals surface area (Å²) in [7, 11) is 0. The highest BCUT2D eigenvalue weighted by atomic mass is 16.4. The molecule has 0 saturated heterocycles. The van der Waals surface area contributed by atoms with Crippen LogP contribution in [0.15, 0.2) is 6.07 Å². The first-order valence-corrected chi connectivity index (χ1v) is 6.91. The molecule has 1 aromatic rings. The van der Waals surface area contributed by atoms with Crippen LogP contribution in [0.5, 0.6) is 0 Å². The zero-order valence-electron chi connectivity index (χ0n) is 12.3. The number of aromatic nitrogens is 2. The largest absolute Gasteiger partial charge is 0.481 e. The van der Waals surface area contributed by atoms with E-state index < -0.39 is 5.97 Å². The predicted octanol–water partition coefficient (Wildman–Crippen LogP) is 1.82. The molecule has 0 aliphatic heterocycles. The quantitative estimate of drug-likeness (QED) is 0.712. The normalized spacial score (nSPS) is 12.2. The molecule has 1 aromatic heterocycles. The average molecular weight is 281 g/mol. The van der Waals surface area contributed by atoms with Crippen molar-refractivity contribution in [2.75, 3.05) is 6.54 Å². The van der Waals surface area contributed by atoms with Gasteiger partial charge in [-0.05, 0) is 39.7 Å². The number of carbonyl (C=O) groups is 2. The molecule has 0 fully saturated rings. The number of hydrogen-bond acceptors (Lipinski definition) is 3. The van der Waals surface area contributed by atoms with E-state index in [4.69, 9.17) is 5.11 Å². The molecule has 20 heavy (non-hydrogen) atoms. The van der Waals surface area contributed by atoms with Crippen LogP contribution in [0.25, 0.3) is 0 Å². The Morgan fingerprint density at radius 1 is 1.40 bits per heavy atom. The minimum atomic E-state index is -0.797. The first-order valence-electron chi connectivity index (χ1n) is 6.91. The number of amides is 1. The van der Waals surface area contributed by atoms with Gasteiger partial charge in [0.1, 0.15) is 0 Å². The second-order valence-electron chi connectivity index (χ2n) is 5.13. The Bertz CT molecular complexity index is 468. The van der Waals surface area contributed by atoms with Crippen LogP contribution in [0.1, 0.15) is 50.0 Å². The molecule has 6 heteroatoms. The third-order valence-corrected chi connectivity index (χ3v) is 3.08. The van der Waals surface area contributed by atoms with Crippen molar-refractivity contribution in [3.05, 3.63) is 17.5 Å². The number of aryl methyl sites for hydroxylation is 2. The van der Waals surface area contributed by atoms with E-state index in [2.05, 4.69) is 10.4 Å². The van der Waals surface area contributed by atoms with Crippen molar-refractivity contribution in [1.82, 2.24) is 15.1 Å². The van der Waals surface area contributed by atoms with Crippen molar-refractivity contribution >= 4 is 11.9 Å². The van der Waals surface area contributed by atoms with Crippen LogP contribution in [0.2, 0.25) is 0 Å². The third-order valence-electron chi connectivity index (χ3n) is 3.08. The van der Waals surface area contributed by atoms with Crippen LogP contribution in [-0.4, -0.2) is 33.3 Å². The number of nitrogens with one attached hydrogen (secondary N) is 1. The topological polar surface area (TPSA) is 84.2 Å². The molecule has 6 nitrogen and oxygen atoms in total. The Kier molecular flexibility index (Phi) is 6.21. The van der Waals surface area contributed by atoms with E-state index in [1.165, 1.54) is 0 Å². The molecule has 112 valence electrons. The SMILES string of the molecule is Cc1cc(C)n(C(C)CC(=O)NCCCCC(=O)O)n1. The van der Waals surface area contributed by atoms with E-state index in [1.807, 2.05) is 31.5 Å². The number of carboxylic acid groups (broad SMARTS) is 1. The standard InChI is InChI=1S/C14H23N3O3/c1-10-8-11(2)17(16-10)12(3)9-13(18)15-7-5-4-6-14(19)20/h8,12H,4-7,9H2,1-3H3,(H,15,18)(H,19,20). The van der Waals surface area contributed by atoms with Crippen LogP contribution in [0.4, 0.5) is 0 Å². The fourth-order valence-corrected chi connectivity index (χ4v) is 2.15. The molecule has 0 aliphatic carbocycles. The summed E-state index contributed by atoms with van der Waals surface area (Å²) in [5, 5.41) is 15.7. The molecular formula is C14H23N3O3. The smallest absolute Gasteiger partial charge is 0.303 e. The second kappa shape index (κ2) is 7.67. The molecule has 0 aliphatic rings.